The van der Waals surface area contributed by atoms with E-state index in [0.717, 1.165) is 6.54 Å². The third-order valence-electron chi connectivity index (χ3n) is 3.31. The first-order valence-electron chi connectivity index (χ1n) is 7.33. The summed E-state index contributed by atoms with van der Waals surface area (Å²) in [5.41, 5.74) is 1.68. The SMILES string of the molecule is CCCCCC(CNC(C)(C)C)c1ccccc1. The summed E-state index contributed by atoms with van der Waals surface area (Å²) in [6.07, 6.45) is 5.27. The fourth-order valence-electron chi connectivity index (χ4n) is 2.18. The quantitative estimate of drug-likeness (QED) is 0.686. The van der Waals surface area contributed by atoms with E-state index in [2.05, 4.69) is 63.3 Å². The lowest BCUT2D eigenvalue weighted by molar-refractivity contribution is 0.394. The van der Waals surface area contributed by atoms with E-state index in [-0.39, 0.29) is 5.54 Å². The van der Waals surface area contributed by atoms with E-state index in [4.69, 9.17) is 0 Å². The zero-order chi connectivity index (χ0) is 13.4. The molecule has 0 fully saturated rings. The Morgan fingerprint density at radius 1 is 1.06 bits per heavy atom. The maximum absolute atomic E-state index is 3.65. The molecule has 0 aliphatic rings. The van der Waals surface area contributed by atoms with E-state index in [1.165, 1.54) is 31.2 Å². The lowest BCUT2D eigenvalue weighted by atomic mass is 9.92. The molecule has 0 radical (unpaired) electrons. The summed E-state index contributed by atoms with van der Waals surface area (Å²) < 4.78 is 0. The van der Waals surface area contributed by atoms with Crippen LogP contribution >= 0.6 is 0 Å². The van der Waals surface area contributed by atoms with Gasteiger partial charge in [0.05, 0.1) is 0 Å². The van der Waals surface area contributed by atoms with Crippen molar-refractivity contribution in [3.63, 3.8) is 0 Å². The molecule has 1 aromatic rings. The molecule has 18 heavy (non-hydrogen) atoms. The number of benzene rings is 1. The highest BCUT2D eigenvalue weighted by atomic mass is 14.9. The average Bonchev–Trinajstić information content (AvgIpc) is 2.33. The van der Waals surface area contributed by atoms with Crippen molar-refractivity contribution < 1.29 is 0 Å². The van der Waals surface area contributed by atoms with Crippen molar-refractivity contribution in [1.82, 2.24) is 5.32 Å². The predicted molar refractivity (Wildman–Crippen MR) is 81.1 cm³/mol. The minimum atomic E-state index is 0.206. The van der Waals surface area contributed by atoms with Crippen molar-refractivity contribution in [3.05, 3.63) is 35.9 Å². The van der Waals surface area contributed by atoms with E-state index >= 15 is 0 Å². The first-order valence-corrected chi connectivity index (χ1v) is 7.33. The van der Waals surface area contributed by atoms with E-state index in [9.17, 15) is 0 Å². The Kier molecular flexibility index (Phi) is 6.42. The molecule has 0 saturated heterocycles. The predicted octanol–water partition coefficient (Wildman–Crippen LogP) is 4.74. The van der Waals surface area contributed by atoms with Crippen LogP contribution < -0.4 is 5.32 Å². The Labute approximate surface area is 113 Å². The number of hydrogen-bond donors (Lipinski definition) is 1. The minimum absolute atomic E-state index is 0.206. The average molecular weight is 247 g/mol. The number of hydrogen-bond acceptors (Lipinski definition) is 1. The standard InChI is InChI=1S/C17H29N/c1-5-6-8-13-16(14-18-17(2,3)4)15-11-9-7-10-12-15/h7,9-12,16,18H,5-6,8,13-14H2,1-4H3. The molecule has 0 aromatic heterocycles. The van der Waals surface area contributed by atoms with Gasteiger partial charge in [0, 0.05) is 12.1 Å². The van der Waals surface area contributed by atoms with Crippen LogP contribution in [0.3, 0.4) is 0 Å². The molecule has 102 valence electrons. The number of unbranched alkanes of at least 4 members (excludes halogenated alkanes) is 2. The topological polar surface area (TPSA) is 12.0 Å². The second-order valence-corrected chi connectivity index (χ2v) is 6.23. The normalized spacial score (nSPS) is 13.6. The Hall–Kier alpha value is -0.820. The molecule has 0 saturated carbocycles. The molecule has 1 atom stereocenters. The summed E-state index contributed by atoms with van der Waals surface area (Å²) >= 11 is 0. The molecular weight excluding hydrogens is 218 g/mol. The van der Waals surface area contributed by atoms with E-state index in [0.29, 0.717) is 5.92 Å². The van der Waals surface area contributed by atoms with Gasteiger partial charge in [-0.15, -0.1) is 0 Å². The van der Waals surface area contributed by atoms with Crippen molar-refractivity contribution >= 4 is 0 Å². The number of nitrogens with one attached hydrogen (secondary N) is 1. The zero-order valence-corrected chi connectivity index (χ0v) is 12.5. The molecule has 0 aliphatic heterocycles. The molecule has 1 aromatic carbocycles. The van der Waals surface area contributed by atoms with Crippen LogP contribution in [0.5, 0.6) is 0 Å². The summed E-state index contributed by atoms with van der Waals surface area (Å²) in [5, 5.41) is 3.65. The second kappa shape index (κ2) is 7.58. The van der Waals surface area contributed by atoms with Gasteiger partial charge < -0.3 is 5.32 Å². The fourth-order valence-corrected chi connectivity index (χ4v) is 2.18. The first-order chi connectivity index (χ1) is 8.53. The minimum Gasteiger partial charge on any atom is -0.311 e. The number of rotatable bonds is 7. The Bertz CT molecular complexity index is 310. The summed E-state index contributed by atoms with van der Waals surface area (Å²) in [7, 11) is 0. The third kappa shape index (κ3) is 6.20. The van der Waals surface area contributed by atoms with Gasteiger partial charge in [-0.05, 0) is 38.7 Å². The van der Waals surface area contributed by atoms with Gasteiger partial charge in [0.2, 0.25) is 0 Å². The second-order valence-electron chi connectivity index (χ2n) is 6.23. The van der Waals surface area contributed by atoms with Crippen molar-refractivity contribution in [1.29, 1.82) is 0 Å². The molecule has 0 amide bonds. The Morgan fingerprint density at radius 2 is 1.72 bits per heavy atom. The Balaban J connectivity index is 2.58. The van der Waals surface area contributed by atoms with E-state index in [1.807, 2.05) is 0 Å². The van der Waals surface area contributed by atoms with E-state index < -0.39 is 0 Å². The van der Waals surface area contributed by atoms with Gasteiger partial charge in [-0.25, -0.2) is 0 Å². The van der Waals surface area contributed by atoms with Crippen LogP contribution in [0.15, 0.2) is 30.3 Å². The molecule has 0 bridgehead atoms. The lowest BCUT2D eigenvalue weighted by Crippen LogP contribution is -2.38. The molecule has 0 spiro atoms. The molecule has 1 nitrogen and oxygen atoms in total. The third-order valence-corrected chi connectivity index (χ3v) is 3.31. The highest BCUT2D eigenvalue weighted by Gasteiger charge is 2.15. The van der Waals surface area contributed by atoms with Crippen LogP contribution in [-0.4, -0.2) is 12.1 Å². The van der Waals surface area contributed by atoms with Crippen LogP contribution in [0.25, 0.3) is 0 Å². The molecule has 0 heterocycles. The van der Waals surface area contributed by atoms with Gasteiger partial charge in [-0.2, -0.15) is 0 Å². The van der Waals surface area contributed by atoms with Crippen LogP contribution in [0.4, 0.5) is 0 Å². The molecule has 1 rings (SSSR count). The summed E-state index contributed by atoms with van der Waals surface area (Å²) in [5.74, 6) is 0.650. The van der Waals surface area contributed by atoms with Crippen molar-refractivity contribution in [2.45, 2.75) is 64.8 Å². The highest BCUT2D eigenvalue weighted by Crippen LogP contribution is 2.22. The molecule has 1 heteroatoms. The maximum Gasteiger partial charge on any atom is 0.00967 e. The van der Waals surface area contributed by atoms with Crippen LogP contribution in [0.1, 0.15) is 64.9 Å². The Morgan fingerprint density at radius 3 is 2.28 bits per heavy atom. The molecular formula is C17H29N. The summed E-state index contributed by atoms with van der Waals surface area (Å²) in [4.78, 5) is 0. The van der Waals surface area contributed by atoms with Gasteiger partial charge >= 0.3 is 0 Å². The van der Waals surface area contributed by atoms with Crippen LogP contribution in [0.2, 0.25) is 0 Å². The largest absolute Gasteiger partial charge is 0.311 e. The van der Waals surface area contributed by atoms with Gasteiger partial charge in [0.25, 0.3) is 0 Å². The maximum atomic E-state index is 3.65. The summed E-state index contributed by atoms with van der Waals surface area (Å²) in [6.45, 7) is 10.1. The van der Waals surface area contributed by atoms with E-state index in [1.54, 1.807) is 0 Å². The van der Waals surface area contributed by atoms with Crippen LogP contribution in [0, 0.1) is 0 Å². The molecule has 1 N–H and O–H groups in total. The van der Waals surface area contributed by atoms with Crippen molar-refractivity contribution in [2.75, 3.05) is 6.54 Å². The smallest absolute Gasteiger partial charge is 0.00967 e. The van der Waals surface area contributed by atoms with Gasteiger partial charge in [0.15, 0.2) is 0 Å². The fraction of sp³-hybridized carbons (Fsp3) is 0.647. The van der Waals surface area contributed by atoms with Gasteiger partial charge in [-0.3, -0.25) is 0 Å². The molecule has 0 aliphatic carbocycles. The van der Waals surface area contributed by atoms with Gasteiger partial charge in [-0.1, -0.05) is 56.5 Å². The highest BCUT2D eigenvalue weighted by molar-refractivity contribution is 5.19. The van der Waals surface area contributed by atoms with Gasteiger partial charge in [0.1, 0.15) is 0 Å². The monoisotopic (exact) mass is 247 g/mol. The summed E-state index contributed by atoms with van der Waals surface area (Å²) in [6, 6.07) is 10.9. The zero-order valence-electron chi connectivity index (χ0n) is 12.5. The van der Waals surface area contributed by atoms with Crippen molar-refractivity contribution in [3.8, 4) is 0 Å². The van der Waals surface area contributed by atoms with Crippen LogP contribution in [-0.2, 0) is 0 Å². The lowest BCUT2D eigenvalue weighted by Gasteiger charge is -2.25. The van der Waals surface area contributed by atoms with Crippen molar-refractivity contribution in [2.24, 2.45) is 0 Å². The molecule has 1 unspecified atom stereocenters. The first kappa shape index (κ1) is 15.2.